The summed E-state index contributed by atoms with van der Waals surface area (Å²) in [6.07, 6.45) is 0. The number of carbonyl (C=O) groups is 1. The molecule has 7 heteroatoms. The number of nitrogens with one attached hydrogen (secondary N) is 1. The number of aryl methyl sites for hydroxylation is 1. The summed E-state index contributed by atoms with van der Waals surface area (Å²) in [5, 5.41) is 11.5. The molecule has 6 nitrogen and oxygen atoms in total. The molecule has 4 rings (SSSR count). The van der Waals surface area contributed by atoms with Gasteiger partial charge in [0.25, 0.3) is 0 Å². The van der Waals surface area contributed by atoms with Crippen molar-refractivity contribution in [2.45, 2.75) is 13.5 Å². The Balaban J connectivity index is 1.56. The summed E-state index contributed by atoms with van der Waals surface area (Å²) in [6.45, 7) is 2.12. The Morgan fingerprint density at radius 1 is 1.22 bits per heavy atom. The summed E-state index contributed by atoms with van der Waals surface area (Å²) >= 11 is 1.47. The molecule has 0 aliphatic heterocycles. The van der Waals surface area contributed by atoms with Gasteiger partial charge in [-0.3, -0.25) is 4.79 Å². The van der Waals surface area contributed by atoms with E-state index in [1.54, 1.807) is 4.68 Å². The maximum absolute atomic E-state index is 12.3. The van der Waals surface area contributed by atoms with E-state index in [4.69, 9.17) is 0 Å². The van der Waals surface area contributed by atoms with Gasteiger partial charge >= 0.3 is 0 Å². The maximum Gasteiger partial charge on any atom is 0.247 e. The van der Waals surface area contributed by atoms with E-state index >= 15 is 0 Å². The Morgan fingerprint density at radius 2 is 2.09 bits per heavy atom. The van der Waals surface area contributed by atoms with Crippen molar-refractivity contribution in [1.82, 2.24) is 20.0 Å². The molecule has 0 saturated carbocycles. The van der Waals surface area contributed by atoms with E-state index in [9.17, 15) is 4.79 Å². The molecule has 0 fully saturated rings. The number of hydrogen-bond acceptors (Lipinski definition) is 5. The van der Waals surface area contributed by atoms with Crippen molar-refractivity contribution in [3.63, 3.8) is 0 Å². The number of amides is 1. The van der Waals surface area contributed by atoms with Crippen LogP contribution in [0.4, 0.5) is 5.13 Å². The zero-order chi connectivity index (χ0) is 15.8. The molecule has 2 aromatic carbocycles. The fourth-order valence-electron chi connectivity index (χ4n) is 2.47. The van der Waals surface area contributed by atoms with Crippen molar-refractivity contribution in [3.05, 3.63) is 48.0 Å². The van der Waals surface area contributed by atoms with Gasteiger partial charge in [0.1, 0.15) is 12.1 Å². The fourth-order valence-corrected chi connectivity index (χ4v) is 3.43. The minimum absolute atomic E-state index is 0.107. The molecule has 23 heavy (non-hydrogen) atoms. The van der Waals surface area contributed by atoms with Gasteiger partial charge in [-0.1, -0.05) is 40.8 Å². The van der Waals surface area contributed by atoms with Gasteiger partial charge in [-0.05, 0) is 30.7 Å². The zero-order valence-corrected chi connectivity index (χ0v) is 13.2. The molecule has 4 aromatic rings. The van der Waals surface area contributed by atoms with Crippen LogP contribution in [-0.2, 0) is 11.3 Å². The first-order valence-electron chi connectivity index (χ1n) is 7.15. The minimum atomic E-state index is -0.169. The second kappa shape index (κ2) is 5.44. The number of aromatic nitrogens is 4. The lowest BCUT2D eigenvalue weighted by atomic mass is 10.2. The van der Waals surface area contributed by atoms with Gasteiger partial charge in [-0.2, -0.15) is 0 Å². The number of rotatable bonds is 3. The smallest absolute Gasteiger partial charge is 0.247 e. The first kappa shape index (κ1) is 13.8. The second-order valence-electron chi connectivity index (χ2n) is 5.22. The highest BCUT2D eigenvalue weighted by Crippen LogP contribution is 2.27. The maximum atomic E-state index is 12.3. The van der Waals surface area contributed by atoms with Crippen molar-refractivity contribution in [2.24, 2.45) is 0 Å². The highest BCUT2D eigenvalue weighted by molar-refractivity contribution is 7.22. The summed E-state index contributed by atoms with van der Waals surface area (Å²) in [7, 11) is 0. The lowest BCUT2D eigenvalue weighted by Crippen LogP contribution is -2.19. The summed E-state index contributed by atoms with van der Waals surface area (Å²) in [5.74, 6) is -0.169. The normalized spacial score (nSPS) is 11.2. The molecule has 0 spiro atoms. The van der Waals surface area contributed by atoms with Crippen molar-refractivity contribution < 1.29 is 4.79 Å². The largest absolute Gasteiger partial charge is 0.300 e. The number of para-hydroxylation sites is 2. The van der Waals surface area contributed by atoms with E-state index < -0.39 is 0 Å². The van der Waals surface area contributed by atoms with Gasteiger partial charge < -0.3 is 5.32 Å². The molecule has 0 aliphatic rings. The predicted molar refractivity (Wildman–Crippen MR) is 90.5 cm³/mol. The molecular weight excluding hydrogens is 310 g/mol. The third kappa shape index (κ3) is 2.55. The van der Waals surface area contributed by atoms with Crippen LogP contribution in [0.3, 0.4) is 0 Å². The standard InChI is InChI=1S/C16H13N5OS/c1-10-5-4-8-13-15(10)18-16(23-13)17-14(22)9-21-12-7-3-2-6-11(12)19-20-21/h2-8H,9H2,1H3,(H,17,18,22). The third-order valence-corrected chi connectivity index (χ3v) is 4.52. The highest BCUT2D eigenvalue weighted by atomic mass is 32.1. The molecule has 2 aromatic heterocycles. The Labute approximate surface area is 135 Å². The van der Waals surface area contributed by atoms with E-state index in [2.05, 4.69) is 20.6 Å². The Kier molecular flexibility index (Phi) is 3.27. The van der Waals surface area contributed by atoms with E-state index in [0.717, 1.165) is 26.8 Å². The number of nitrogens with zero attached hydrogens (tertiary/aromatic N) is 4. The van der Waals surface area contributed by atoms with Crippen LogP contribution < -0.4 is 5.32 Å². The topological polar surface area (TPSA) is 72.7 Å². The van der Waals surface area contributed by atoms with Crippen molar-refractivity contribution in [2.75, 3.05) is 5.32 Å². The molecule has 0 bridgehead atoms. The van der Waals surface area contributed by atoms with Gasteiger partial charge in [-0.15, -0.1) is 5.10 Å². The molecule has 0 saturated heterocycles. The van der Waals surface area contributed by atoms with Crippen LogP contribution in [0.2, 0.25) is 0 Å². The molecule has 1 N–H and O–H groups in total. The van der Waals surface area contributed by atoms with E-state index in [1.165, 1.54) is 11.3 Å². The van der Waals surface area contributed by atoms with Crippen LogP contribution in [0.1, 0.15) is 5.56 Å². The van der Waals surface area contributed by atoms with Gasteiger partial charge in [0.2, 0.25) is 5.91 Å². The quantitative estimate of drug-likeness (QED) is 0.629. The molecule has 1 amide bonds. The first-order valence-corrected chi connectivity index (χ1v) is 7.96. The van der Waals surface area contributed by atoms with Crippen LogP contribution >= 0.6 is 11.3 Å². The monoisotopic (exact) mass is 323 g/mol. The Bertz CT molecular complexity index is 1020. The van der Waals surface area contributed by atoms with Crippen molar-refractivity contribution >= 4 is 43.6 Å². The Morgan fingerprint density at radius 3 is 2.96 bits per heavy atom. The van der Waals surface area contributed by atoms with Crippen molar-refractivity contribution in [3.8, 4) is 0 Å². The predicted octanol–water partition coefficient (Wildman–Crippen LogP) is 2.99. The summed E-state index contributed by atoms with van der Waals surface area (Å²) in [6, 6.07) is 13.6. The third-order valence-electron chi connectivity index (χ3n) is 3.58. The Hall–Kier alpha value is -2.80. The summed E-state index contributed by atoms with van der Waals surface area (Å²) in [4.78, 5) is 16.7. The van der Waals surface area contributed by atoms with Gasteiger partial charge in [-0.25, -0.2) is 9.67 Å². The average Bonchev–Trinajstić information content (AvgIpc) is 3.12. The average molecular weight is 323 g/mol. The summed E-state index contributed by atoms with van der Waals surface area (Å²) in [5.41, 5.74) is 3.64. The SMILES string of the molecule is Cc1cccc2sc(NC(=O)Cn3nnc4ccccc43)nc12. The van der Waals surface area contributed by atoms with Crippen LogP contribution in [0.15, 0.2) is 42.5 Å². The fraction of sp³-hybridized carbons (Fsp3) is 0.125. The molecule has 0 aliphatic carbocycles. The van der Waals surface area contributed by atoms with Crippen LogP contribution in [0.25, 0.3) is 21.3 Å². The molecule has 2 heterocycles. The van der Waals surface area contributed by atoms with E-state index in [1.807, 2.05) is 49.4 Å². The second-order valence-corrected chi connectivity index (χ2v) is 6.26. The van der Waals surface area contributed by atoms with Gasteiger partial charge in [0.15, 0.2) is 5.13 Å². The number of benzene rings is 2. The lowest BCUT2D eigenvalue weighted by molar-refractivity contribution is -0.116. The zero-order valence-electron chi connectivity index (χ0n) is 12.4. The molecule has 0 unspecified atom stereocenters. The van der Waals surface area contributed by atoms with Crippen molar-refractivity contribution in [1.29, 1.82) is 0 Å². The molecule has 114 valence electrons. The minimum Gasteiger partial charge on any atom is -0.300 e. The molecule has 0 radical (unpaired) electrons. The number of thiazole rings is 1. The molecule has 0 atom stereocenters. The van der Waals surface area contributed by atoms with Crippen LogP contribution in [0.5, 0.6) is 0 Å². The summed E-state index contributed by atoms with van der Waals surface area (Å²) < 4.78 is 2.65. The first-order chi connectivity index (χ1) is 11.2. The van der Waals surface area contributed by atoms with Gasteiger partial charge in [0.05, 0.1) is 15.7 Å². The van der Waals surface area contributed by atoms with E-state index in [-0.39, 0.29) is 12.5 Å². The number of hydrogen-bond donors (Lipinski definition) is 1. The van der Waals surface area contributed by atoms with E-state index in [0.29, 0.717) is 5.13 Å². The van der Waals surface area contributed by atoms with Crippen LogP contribution in [-0.4, -0.2) is 25.9 Å². The number of anilines is 1. The number of fused-ring (bicyclic) bond motifs is 2. The number of carbonyl (C=O) groups excluding carboxylic acids is 1. The molecular formula is C16H13N5OS. The van der Waals surface area contributed by atoms with Gasteiger partial charge in [0, 0.05) is 0 Å². The van der Waals surface area contributed by atoms with Crippen LogP contribution in [0, 0.1) is 6.92 Å². The highest BCUT2D eigenvalue weighted by Gasteiger charge is 2.12. The lowest BCUT2D eigenvalue weighted by Gasteiger charge is -2.02.